The van der Waals surface area contributed by atoms with Crippen molar-refractivity contribution in [3.8, 4) is 6.07 Å². The summed E-state index contributed by atoms with van der Waals surface area (Å²) in [7, 11) is 0. The third-order valence-corrected chi connectivity index (χ3v) is 3.30. The Bertz CT molecular complexity index is 611. The Morgan fingerprint density at radius 1 is 1.09 bits per heavy atom. The van der Waals surface area contributed by atoms with Crippen molar-refractivity contribution in [3.63, 3.8) is 0 Å². The van der Waals surface area contributed by atoms with Crippen LogP contribution in [0.3, 0.4) is 0 Å². The minimum absolute atomic E-state index is 0.756. The predicted octanol–water partition coefficient (Wildman–Crippen LogP) is 4.29. The minimum atomic E-state index is 0.756. The number of rotatable bonds is 3. The summed E-state index contributed by atoms with van der Waals surface area (Å²) in [6.45, 7) is 18.3. The zero-order valence-corrected chi connectivity index (χ0v) is 15.1. The van der Waals surface area contributed by atoms with Gasteiger partial charge in [-0.05, 0) is 32.8 Å². The number of nitrogens with two attached hydrogens (primary N) is 1. The van der Waals surface area contributed by atoms with Gasteiger partial charge in [0.2, 0.25) is 0 Å². The second-order valence-electron chi connectivity index (χ2n) is 5.35. The van der Waals surface area contributed by atoms with Crippen molar-refractivity contribution in [3.05, 3.63) is 70.6 Å². The van der Waals surface area contributed by atoms with Crippen molar-refractivity contribution < 1.29 is 0 Å². The lowest BCUT2D eigenvalue weighted by Gasteiger charge is -2.26. The number of hydrogen-bond acceptors (Lipinski definition) is 3. The van der Waals surface area contributed by atoms with Gasteiger partial charge in [-0.25, -0.2) is 0 Å². The van der Waals surface area contributed by atoms with Crippen molar-refractivity contribution in [1.82, 2.24) is 5.32 Å². The van der Waals surface area contributed by atoms with E-state index in [1.54, 1.807) is 6.07 Å². The van der Waals surface area contributed by atoms with E-state index in [4.69, 9.17) is 11.0 Å². The molecular formula is C20H29N3. The first-order valence-electron chi connectivity index (χ1n) is 7.82. The molecule has 0 aliphatic heterocycles. The number of allylic oxidation sites excluding steroid dienone is 2. The fourth-order valence-electron chi connectivity index (χ4n) is 2.22. The molecule has 0 unspecified atom stereocenters. The molecule has 1 aliphatic rings. The van der Waals surface area contributed by atoms with E-state index in [0.29, 0.717) is 0 Å². The van der Waals surface area contributed by atoms with E-state index in [1.807, 2.05) is 6.92 Å². The number of nitrogens with zero attached hydrogens (tertiary/aromatic N) is 1. The molecule has 1 aromatic rings. The van der Waals surface area contributed by atoms with Crippen LogP contribution < -0.4 is 11.1 Å². The SMILES string of the molecule is C=C1C(=C)C(NCC)=C1N.CC#N.CCc1cc(C)cc(C)c1. The number of nitrogens with one attached hydrogen (secondary N) is 1. The first-order valence-corrected chi connectivity index (χ1v) is 7.82. The normalized spacial score (nSPS) is 12.2. The number of nitriles is 1. The summed E-state index contributed by atoms with van der Waals surface area (Å²) in [5.41, 5.74) is 13.3. The van der Waals surface area contributed by atoms with E-state index in [2.05, 4.69) is 57.4 Å². The van der Waals surface area contributed by atoms with Gasteiger partial charge in [-0.2, -0.15) is 5.26 Å². The van der Waals surface area contributed by atoms with E-state index in [0.717, 1.165) is 35.5 Å². The third-order valence-electron chi connectivity index (χ3n) is 3.30. The number of likely N-dealkylation sites (N-methyl/N-ethyl adjacent to an activating group) is 1. The maximum absolute atomic E-state index is 7.32. The van der Waals surface area contributed by atoms with Crippen molar-refractivity contribution in [2.24, 2.45) is 5.73 Å². The van der Waals surface area contributed by atoms with Crippen LogP contribution in [0, 0.1) is 25.2 Å². The first-order chi connectivity index (χ1) is 10.8. The molecule has 0 saturated carbocycles. The average molecular weight is 311 g/mol. The van der Waals surface area contributed by atoms with Gasteiger partial charge < -0.3 is 11.1 Å². The smallest absolute Gasteiger partial charge is 0.0654 e. The summed E-state index contributed by atoms with van der Waals surface area (Å²) in [5, 5.41) is 10.4. The summed E-state index contributed by atoms with van der Waals surface area (Å²) in [5.74, 6) is 0. The molecule has 2 rings (SSSR count). The molecule has 1 aliphatic carbocycles. The first kappa shape index (κ1) is 20.5. The third kappa shape index (κ3) is 6.44. The molecule has 0 heterocycles. The molecule has 3 N–H and O–H groups in total. The highest BCUT2D eigenvalue weighted by Crippen LogP contribution is 2.31. The average Bonchev–Trinajstić information content (AvgIpc) is 2.52. The summed E-state index contributed by atoms with van der Waals surface area (Å²) in [6, 6.07) is 8.44. The molecule has 0 bridgehead atoms. The number of aryl methyl sites for hydroxylation is 3. The summed E-state index contributed by atoms with van der Waals surface area (Å²) >= 11 is 0. The molecule has 0 aromatic heterocycles. The van der Waals surface area contributed by atoms with Gasteiger partial charge in [0.1, 0.15) is 0 Å². The Labute approximate surface area is 141 Å². The Balaban J connectivity index is 0.000000360. The number of hydrogen-bond donors (Lipinski definition) is 2. The highest BCUT2D eigenvalue weighted by atomic mass is 14.9. The lowest BCUT2D eigenvalue weighted by Crippen LogP contribution is -2.28. The van der Waals surface area contributed by atoms with Crippen LogP contribution in [0.4, 0.5) is 0 Å². The Kier molecular flexibility index (Phi) is 9.18. The molecule has 124 valence electrons. The molecule has 3 nitrogen and oxygen atoms in total. The van der Waals surface area contributed by atoms with Crippen LogP contribution in [0.15, 0.2) is 53.9 Å². The highest BCUT2D eigenvalue weighted by Gasteiger charge is 2.22. The van der Waals surface area contributed by atoms with Crippen molar-refractivity contribution in [2.45, 2.75) is 41.0 Å². The van der Waals surface area contributed by atoms with Crippen LogP contribution in [0.2, 0.25) is 0 Å². The van der Waals surface area contributed by atoms with Gasteiger partial charge in [0.25, 0.3) is 0 Å². The second kappa shape index (κ2) is 10.3. The van der Waals surface area contributed by atoms with Crippen molar-refractivity contribution in [1.29, 1.82) is 5.26 Å². The topological polar surface area (TPSA) is 61.8 Å². The van der Waals surface area contributed by atoms with Gasteiger partial charge in [-0.3, -0.25) is 0 Å². The van der Waals surface area contributed by atoms with Crippen LogP contribution in [0.5, 0.6) is 0 Å². The largest absolute Gasteiger partial charge is 0.397 e. The molecular weight excluding hydrogens is 282 g/mol. The van der Waals surface area contributed by atoms with E-state index in [-0.39, 0.29) is 0 Å². The summed E-state index contributed by atoms with van der Waals surface area (Å²) < 4.78 is 0. The summed E-state index contributed by atoms with van der Waals surface area (Å²) in [6.07, 6.45) is 1.14. The second-order valence-corrected chi connectivity index (χ2v) is 5.35. The zero-order valence-electron chi connectivity index (χ0n) is 15.1. The van der Waals surface area contributed by atoms with Crippen molar-refractivity contribution >= 4 is 0 Å². The molecule has 1 aromatic carbocycles. The highest BCUT2D eigenvalue weighted by molar-refractivity contribution is 5.65. The molecule has 3 heteroatoms. The standard InChI is InChI=1S/C10H14.C8H12N2.C2H3N/c1-4-10-6-8(2)5-9(3)7-10;1-4-10-8-6(3)5(2)7(8)9;1-2-3/h5-7H,4H2,1-3H3;10H,2-4,9H2,1H3;1H3. The fraction of sp³-hybridized carbons (Fsp3) is 0.350. The summed E-state index contributed by atoms with van der Waals surface area (Å²) in [4.78, 5) is 0. The van der Waals surface area contributed by atoms with Crippen molar-refractivity contribution in [2.75, 3.05) is 6.54 Å². The Hall–Kier alpha value is -2.47. The van der Waals surface area contributed by atoms with E-state index in [9.17, 15) is 0 Å². The van der Waals surface area contributed by atoms with Gasteiger partial charge >= 0.3 is 0 Å². The minimum Gasteiger partial charge on any atom is -0.397 e. The molecule has 0 spiro atoms. The van der Waals surface area contributed by atoms with E-state index < -0.39 is 0 Å². The van der Waals surface area contributed by atoms with Gasteiger partial charge in [-0.15, -0.1) is 0 Å². The fourth-order valence-corrected chi connectivity index (χ4v) is 2.22. The molecule has 0 saturated heterocycles. The Morgan fingerprint density at radius 3 is 1.91 bits per heavy atom. The monoisotopic (exact) mass is 311 g/mol. The maximum atomic E-state index is 7.32. The van der Waals surface area contributed by atoms with Crippen LogP contribution in [0.1, 0.15) is 37.5 Å². The molecule has 0 amide bonds. The quantitative estimate of drug-likeness (QED) is 0.875. The maximum Gasteiger partial charge on any atom is 0.0654 e. The van der Waals surface area contributed by atoms with Gasteiger partial charge in [0.05, 0.1) is 17.5 Å². The molecule has 0 atom stereocenters. The lowest BCUT2D eigenvalue weighted by molar-refractivity contribution is 0.827. The molecule has 0 fully saturated rings. The number of benzene rings is 1. The molecule has 23 heavy (non-hydrogen) atoms. The predicted molar refractivity (Wildman–Crippen MR) is 99.8 cm³/mol. The van der Waals surface area contributed by atoms with Crippen LogP contribution in [-0.2, 0) is 6.42 Å². The van der Waals surface area contributed by atoms with Gasteiger partial charge in [0.15, 0.2) is 0 Å². The zero-order chi connectivity index (χ0) is 18.0. The molecule has 0 radical (unpaired) electrons. The van der Waals surface area contributed by atoms with Crippen LogP contribution in [0.25, 0.3) is 0 Å². The lowest BCUT2D eigenvalue weighted by atomic mass is 9.90. The van der Waals surface area contributed by atoms with E-state index in [1.165, 1.54) is 23.6 Å². The van der Waals surface area contributed by atoms with E-state index >= 15 is 0 Å². The van der Waals surface area contributed by atoms with Gasteiger partial charge in [0, 0.05) is 24.6 Å². The Morgan fingerprint density at radius 2 is 1.57 bits per heavy atom. The van der Waals surface area contributed by atoms with Crippen LogP contribution in [-0.4, -0.2) is 6.54 Å². The van der Waals surface area contributed by atoms with Gasteiger partial charge in [-0.1, -0.05) is 49.4 Å². The van der Waals surface area contributed by atoms with Crippen LogP contribution >= 0.6 is 0 Å².